The fourth-order valence-corrected chi connectivity index (χ4v) is 2.96. The molecule has 0 spiro atoms. The van der Waals surface area contributed by atoms with Crippen LogP contribution in [0.15, 0.2) is 70.4 Å². The Morgan fingerprint density at radius 3 is 2.36 bits per heavy atom. The maximum Gasteiger partial charge on any atom is 0.337 e. The predicted molar refractivity (Wildman–Crippen MR) is 125 cm³/mol. The lowest BCUT2D eigenvalue weighted by atomic mass is 10.1. The van der Waals surface area contributed by atoms with Gasteiger partial charge in [-0.3, -0.25) is 14.2 Å². The van der Waals surface area contributed by atoms with Crippen LogP contribution in [0.25, 0.3) is 6.08 Å². The summed E-state index contributed by atoms with van der Waals surface area (Å²) in [5.41, 5.74) is 1.51. The van der Waals surface area contributed by atoms with E-state index in [1.165, 1.54) is 44.1 Å². The van der Waals surface area contributed by atoms with Gasteiger partial charge in [-0.15, -0.1) is 0 Å². The summed E-state index contributed by atoms with van der Waals surface area (Å²) in [6, 6.07) is 13.7. The lowest BCUT2D eigenvalue weighted by Crippen LogP contribution is -2.37. The number of nitrogens with zero attached hydrogens (tertiary/aromatic N) is 2. The van der Waals surface area contributed by atoms with E-state index in [1.807, 2.05) is 0 Å². The number of carbonyl (C=O) groups excluding carboxylic acids is 2. The van der Waals surface area contributed by atoms with Gasteiger partial charge in [0.1, 0.15) is 0 Å². The van der Waals surface area contributed by atoms with Gasteiger partial charge >= 0.3 is 11.7 Å². The van der Waals surface area contributed by atoms with Gasteiger partial charge in [-0.2, -0.15) is 0 Å². The molecule has 166 valence electrons. The Balaban J connectivity index is 1.74. The fraction of sp³-hybridized carbons (Fsp3) is 0.120. The second-order valence-corrected chi connectivity index (χ2v) is 7.07. The number of esters is 1. The predicted octanol–water partition coefficient (Wildman–Crippen LogP) is 1.92. The normalized spacial score (nSPS) is 10.4. The Bertz CT molecular complexity index is 1430. The van der Waals surface area contributed by atoms with E-state index in [1.54, 1.807) is 48.5 Å². The quantitative estimate of drug-likeness (QED) is 0.377. The first kappa shape index (κ1) is 23.0. The number of anilines is 1. The first-order valence-corrected chi connectivity index (χ1v) is 9.84. The van der Waals surface area contributed by atoms with Gasteiger partial charge in [0.2, 0.25) is 5.91 Å². The van der Waals surface area contributed by atoms with Crippen molar-refractivity contribution in [1.29, 1.82) is 0 Å². The molecule has 0 aliphatic carbocycles. The van der Waals surface area contributed by atoms with E-state index in [-0.39, 0.29) is 5.56 Å². The molecule has 1 amide bonds. The number of methoxy groups -OCH3 is 1. The molecule has 0 fully saturated rings. The van der Waals surface area contributed by atoms with Crippen LogP contribution >= 0.6 is 0 Å². The van der Waals surface area contributed by atoms with E-state index < -0.39 is 23.1 Å². The molecule has 0 unspecified atom stereocenters. The Hall–Kier alpha value is -4.64. The number of nitrogens with one attached hydrogen (secondary N) is 1. The van der Waals surface area contributed by atoms with Crippen molar-refractivity contribution >= 4 is 23.6 Å². The van der Waals surface area contributed by atoms with Crippen molar-refractivity contribution in [1.82, 2.24) is 9.13 Å². The minimum atomic E-state index is -0.490. The molecule has 0 saturated heterocycles. The van der Waals surface area contributed by atoms with Crippen molar-refractivity contribution in [3.8, 4) is 11.8 Å². The highest BCUT2D eigenvalue weighted by Crippen LogP contribution is 2.11. The SMILES string of the molecule is COC(=O)c1cccc(C#Cc2cccc(NC(=O)/C=C/c3cn(C)c(=O)n(C)c3=O)c2)c1. The number of aryl methyl sites for hydroxylation is 1. The molecule has 8 heteroatoms. The van der Waals surface area contributed by atoms with Crippen LogP contribution in [-0.4, -0.2) is 28.1 Å². The maximum atomic E-state index is 12.3. The molecule has 1 N–H and O–H groups in total. The zero-order valence-corrected chi connectivity index (χ0v) is 18.3. The van der Waals surface area contributed by atoms with Crippen molar-refractivity contribution in [2.45, 2.75) is 0 Å². The Morgan fingerprint density at radius 1 is 1.00 bits per heavy atom. The molecule has 0 atom stereocenters. The molecule has 1 aromatic heterocycles. The molecule has 33 heavy (non-hydrogen) atoms. The van der Waals surface area contributed by atoms with Gasteiger partial charge in [0.15, 0.2) is 0 Å². The topological polar surface area (TPSA) is 99.4 Å². The number of benzene rings is 2. The third kappa shape index (κ3) is 5.74. The molecule has 1 heterocycles. The summed E-state index contributed by atoms with van der Waals surface area (Å²) in [7, 11) is 4.22. The molecule has 0 bridgehead atoms. The molecule has 3 rings (SSSR count). The van der Waals surface area contributed by atoms with Gasteiger partial charge in [0.05, 0.1) is 18.2 Å². The summed E-state index contributed by atoms with van der Waals surface area (Å²) in [5, 5.41) is 2.71. The monoisotopic (exact) mass is 443 g/mol. The Morgan fingerprint density at radius 2 is 1.67 bits per heavy atom. The summed E-state index contributed by atoms with van der Waals surface area (Å²) in [6.45, 7) is 0. The van der Waals surface area contributed by atoms with Gasteiger partial charge < -0.3 is 14.6 Å². The van der Waals surface area contributed by atoms with Crippen molar-refractivity contribution in [2.75, 3.05) is 12.4 Å². The van der Waals surface area contributed by atoms with Crippen LogP contribution in [0.5, 0.6) is 0 Å². The molecule has 0 saturated carbocycles. The fourth-order valence-electron chi connectivity index (χ4n) is 2.96. The van der Waals surface area contributed by atoms with E-state index in [0.717, 1.165) is 4.57 Å². The zero-order chi connectivity index (χ0) is 24.0. The summed E-state index contributed by atoms with van der Waals surface area (Å²) >= 11 is 0. The standard InChI is InChI=1S/C25H21N3O5/c1-27-16-20(23(30)28(2)25(27)32)12-13-22(29)26-21-9-5-7-18(15-21)11-10-17-6-4-8-19(14-17)24(31)33-3/h4-9,12-16H,1-3H3,(H,26,29)/b13-12+. The first-order chi connectivity index (χ1) is 15.8. The van der Waals surface area contributed by atoms with Gasteiger partial charge in [0.25, 0.3) is 5.56 Å². The van der Waals surface area contributed by atoms with E-state index in [0.29, 0.717) is 22.4 Å². The Kier molecular flexibility index (Phi) is 7.06. The van der Waals surface area contributed by atoms with E-state index in [2.05, 4.69) is 17.2 Å². The zero-order valence-electron chi connectivity index (χ0n) is 18.3. The molecular formula is C25H21N3O5. The second kappa shape index (κ2) is 10.1. The summed E-state index contributed by atoms with van der Waals surface area (Å²) in [6.07, 6.45) is 3.95. The highest BCUT2D eigenvalue weighted by Gasteiger charge is 2.06. The molecular weight excluding hydrogens is 422 g/mol. The summed E-state index contributed by atoms with van der Waals surface area (Å²) < 4.78 is 6.95. The average Bonchev–Trinajstić information content (AvgIpc) is 2.82. The molecule has 3 aromatic rings. The van der Waals surface area contributed by atoms with Gasteiger partial charge in [-0.1, -0.05) is 24.0 Å². The lowest BCUT2D eigenvalue weighted by Gasteiger charge is -2.04. The average molecular weight is 443 g/mol. The van der Waals surface area contributed by atoms with Gasteiger partial charge in [-0.25, -0.2) is 9.59 Å². The largest absolute Gasteiger partial charge is 0.465 e. The van der Waals surface area contributed by atoms with E-state index in [9.17, 15) is 19.2 Å². The maximum absolute atomic E-state index is 12.3. The number of aromatic nitrogens is 2. The number of hydrogen-bond acceptors (Lipinski definition) is 5. The number of amides is 1. The number of rotatable bonds is 4. The van der Waals surface area contributed by atoms with Crippen molar-refractivity contribution < 1.29 is 14.3 Å². The second-order valence-electron chi connectivity index (χ2n) is 7.07. The van der Waals surface area contributed by atoms with Crippen LogP contribution < -0.4 is 16.6 Å². The molecule has 8 nitrogen and oxygen atoms in total. The van der Waals surface area contributed by atoms with Crippen LogP contribution in [0.2, 0.25) is 0 Å². The van der Waals surface area contributed by atoms with Crippen LogP contribution in [0.3, 0.4) is 0 Å². The number of ether oxygens (including phenoxy) is 1. The number of hydrogen-bond donors (Lipinski definition) is 1. The van der Waals surface area contributed by atoms with Crippen molar-refractivity contribution in [3.63, 3.8) is 0 Å². The third-order valence-electron chi connectivity index (χ3n) is 4.65. The van der Waals surface area contributed by atoms with Crippen LogP contribution in [0, 0.1) is 11.8 Å². The molecule has 0 aliphatic heterocycles. The first-order valence-electron chi connectivity index (χ1n) is 9.84. The van der Waals surface area contributed by atoms with Crippen LogP contribution in [0.4, 0.5) is 5.69 Å². The molecule has 0 radical (unpaired) electrons. The smallest absolute Gasteiger partial charge is 0.337 e. The van der Waals surface area contributed by atoms with Gasteiger partial charge in [-0.05, 0) is 42.5 Å². The summed E-state index contributed by atoms with van der Waals surface area (Å²) in [4.78, 5) is 47.8. The van der Waals surface area contributed by atoms with Crippen molar-refractivity contribution in [2.24, 2.45) is 14.1 Å². The van der Waals surface area contributed by atoms with E-state index in [4.69, 9.17) is 4.74 Å². The van der Waals surface area contributed by atoms with Crippen LogP contribution in [0.1, 0.15) is 27.0 Å². The van der Waals surface area contributed by atoms with E-state index >= 15 is 0 Å². The summed E-state index contributed by atoms with van der Waals surface area (Å²) in [5.74, 6) is 5.09. The molecule has 2 aromatic carbocycles. The minimum absolute atomic E-state index is 0.212. The molecule has 0 aliphatic rings. The highest BCUT2D eigenvalue weighted by atomic mass is 16.5. The third-order valence-corrected chi connectivity index (χ3v) is 4.65. The highest BCUT2D eigenvalue weighted by molar-refractivity contribution is 6.02. The van der Waals surface area contributed by atoms with Gasteiger partial charge in [0, 0.05) is 43.2 Å². The lowest BCUT2D eigenvalue weighted by molar-refractivity contribution is -0.111. The van der Waals surface area contributed by atoms with Crippen LogP contribution in [-0.2, 0) is 23.6 Å². The minimum Gasteiger partial charge on any atom is -0.465 e. The number of carbonyl (C=O) groups is 2. The Labute approximate surface area is 189 Å². The van der Waals surface area contributed by atoms with Crippen molar-refractivity contribution in [3.05, 3.63) is 104 Å².